The summed E-state index contributed by atoms with van der Waals surface area (Å²) in [5.74, 6) is -0.966. The van der Waals surface area contributed by atoms with Gasteiger partial charge in [-0.05, 0) is 12.1 Å². The average molecular weight is 267 g/mol. The van der Waals surface area contributed by atoms with E-state index in [1.54, 1.807) is 17.5 Å². The number of thiazole rings is 1. The molecule has 2 aromatic rings. The van der Waals surface area contributed by atoms with E-state index in [9.17, 15) is 9.18 Å². The zero-order valence-electron chi connectivity index (χ0n) is 9.51. The van der Waals surface area contributed by atoms with Crippen LogP contribution in [0.5, 0.6) is 5.75 Å². The third-order valence-corrected chi connectivity index (χ3v) is 3.22. The van der Waals surface area contributed by atoms with Crippen molar-refractivity contribution in [3.63, 3.8) is 0 Å². The molecule has 0 amide bonds. The second-order valence-corrected chi connectivity index (χ2v) is 4.42. The number of carbonyl (C=O) groups is 1. The highest BCUT2D eigenvalue weighted by molar-refractivity contribution is 7.13. The topological polar surface area (TPSA) is 59.4 Å². The summed E-state index contributed by atoms with van der Waals surface area (Å²) in [4.78, 5) is 14.6. The summed E-state index contributed by atoms with van der Waals surface area (Å²) >= 11 is 1.22. The highest BCUT2D eigenvalue weighted by atomic mass is 32.1. The standard InChI is InChI=1S/C12H10FNO3S/c1-17-8-2-3-9(10(13)5-8)12-14-7(6-18-12)4-11(15)16/h2-3,5-6H,4H2,1H3,(H,15,16). The molecule has 0 spiro atoms. The fourth-order valence-corrected chi connectivity index (χ4v) is 2.31. The van der Waals surface area contributed by atoms with Crippen LogP contribution >= 0.6 is 11.3 Å². The molecule has 0 saturated carbocycles. The minimum Gasteiger partial charge on any atom is -0.497 e. The average Bonchev–Trinajstić information content (AvgIpc) is 2.76. The molecule has 2 rings (SSSR count). The molecule has 0 fully saturated rings. The van der Waals surface area contributed by atoms with Crippen LogP contribution in [0, 0.1) is 5.82 Å². The van der Waals surface area contributed by atoms with Crippen molar-refractivity contribution in [2.45, 2.75) is 6.42 Å². The predicted octanol–water partition coefficient (Wildman–Crippen LogP) is 2.58. The molecule has 1 aromatic heterocycles. The number of benzene rings is 1. The number of carboxylic acid groups (broad SMARTS) is 1. The number of hydrogen-bond acceptors (Lipinski definition) is 4. The van der Waals surface area contributed by atoms with Crippen molar-refractivity contribution < 1.29 is 19.0 Å². The highest BCUT2D eigenvalue weighted by Gasteiger charge is 2.12. The summed E-state index contributed by atoms with van der Waals surface area (Å²) in [5, 5.41) is 10.7. The first-order valence-electron chi connectivity index (χ1n) is 5.10. The maximum atomic E-state index is 13.8. The van der Waals surface area contributed by atoms with Gasteiger partial charge in [-0.3, -0.25) is 4.79 Å². The number of aromatic nitrogens is 1. The summed E-state index contributed by atoms with van der Waals surface area (Å²) in [6, 6.07) is 4.47. The lowest BCUT2D eigenvalue weighted by Gasteiger charge is -2.02. The van der Waals surface area contributed by atoms with E-state index in [0.717, 1.165) is 0 Å². The molecule has 0 aliphatic carbocycles. The number of halogens is 1. The molecule has 4 nitrogen and oxygen atoms in total. The van der Waals surface area contributed by atoms with E-state index in [4.69, 9.17) is 9.84 Å². The van der Waals surface area contributed by atoms with Gasteiger partial charge in [0.15, 0.2) is 0 Å². The lowest BCUT2D eigenvalue weighted by atomic mass is 10.2. The van der Waals surface area contributed by atoms with Crippen molar-refractivity contribution in [3.8, 4) is 16.3 Å². The number of aliphatic carboxylic acids is 1. The van der Waals surface area contributed by atoms with Gasteiger partial charge in [-0.1, -0.05) is 0 Å². The Bertz CT molecular complexity index is 582. The van der Waals surface area contributed by atoms with Crippen molar-refractivity contribution in [3.05, 3.63) is 35.1 Å². The van der Waals surface area contributed by atoms with Crippen LogP contribution in [0.3, 0.4) is 0 Å². The molecule has 6 heteroatoms. The van der Waals surface area contributed by atoms with Crippen LogP contribution in [0.1, 0.15) is 5.69 Å². The van der Waals surface area contributed by atoms with Crippen molar-refractivity contribution >= 4 is 17.3 Å². The molecule has 0 bridgehead atoms. The second-order valence-electron chi connectivity index (χ2n) is 3.56. The van der Waals surface area contributed by atoms with Gasteiger partial charge < -0.3 is 9.84 Å². The van der Waals surface area contributed by atoms with Gasteiger partial charge in [-0.15, -0.1) is 11.3 Å². The monoisotopic (exact) mass is 267 g/mol. The van der Waals surface area contributed by atoms with Gasteiger partial charge >= 0.3 is 5.97 Å². The molecule has 0 aliphatic rings. The molecular formula is C12H10FNO3S. The molecule has 1 N–H and O–H groups in total. The Morgan fingerprint density at radius 2 is 2.33 bits per heavy atom. The van der Waals surface area contributed by atoms with Crippen molar-refractivity contribution in [1.29, 1.82) is 0 Å². The molecule has 0 aliphatic heterocycles. The van der Waals surface area contributed by atoms with Gasteiger partial charge in [0, 0.05) is 17.0 Å². The van der Waals surface area contributed by atoms with Gasteiger partial charge in [0.2, 0.25) is 0 Å². The van der Waals surface area contributed by atoms with Gasteiger partial charge in [-0.2, -0.15) is 0 Å². The number of methoxy groups -OCH3 is 1. The molecule has 0 radical (unpaired) electrons. The maximum absolute atomic E-state index is 13.8. The van der Waals surface area contributed by atoms with Crippen LogP contribution < -0.4 is 4.74 Å². The lowest BCUT2D eigenvalue weighted by Crippen LogP contribution is -2.00. The number of rotatable bonds is 4. The smallest absolute Gasteiger partial charge is 0.309 e. The minimum absolute atomic E-state index is 0.158. The van der Waals surface area contributed by atoms with Gasteiger partial charge in [0.05, 0.1) is 19.2 Å². The van der Waals surface area contributed by atoms with E-state index in [1.165, 1.54) is 24.5 Å². The van der Waals surface area contributed by atoms with Crippen LogP contribution in [-0.4, -0.2) is 23.2 Å². The maximum Gasteiger partial charge on any atom is 0.309 e. The zero-order chi connectivity index (χ0) is 13.1. The summed E-state index contributed by atoms with van der Waals surface area (Å²) in [7, 11) is 1.46. The third kappa shape index (κ3) is 2.65. The second kappa shape index (κ2) is 5.14. The van der Waals surface area contributed by atoms with Crippen LogP contribution in [0.25, 0.3) is 10.6 Å². The van der Waals surface area contributed by atoms with Gasteiger partial charge in [0.25, 0.3) is 0 Å². The largest absolute Gasteiger partial charge is 0.497 e. The Hall–Kier alpha value is -1.95. The molecule has 18 heavy (non-hydrogen) atoms. The Morgan fingerprint density at radius 1 is 1.56 bits per heavy atom. The Balaban J connectivity index is 2.31. The Morgan fingerprint density at radius 3 is 2.94 bits per heavy atom. The Labute approximate surface area is 107 Å². The van der Waals surface area contributed by atoms with Crippen LogP contribution in [0.4, 0.5) is 4.39 Å². The molecule has 1 aromatic carbocycles. The van der Waals surface area contributed by atoms with E-state index >= 15 is 0 Å². The predicted molar refractivity (Wildman–Crippen MR) is 65.4 cm³/mol. The first-order valence-corrected chi connectivity index (χ1v) is 5.98. The summed E-state index contributed by atoms with van der Waals surface area (Å²) in [6.07, 6.45) is -0.158. The first-order chi connectivity index (χ1) is 8.60. The van der Waals surface area contributed by atoms with Gasteiger partial charge in [0.1, 0.15) is 16.6 Å². The van der Waals surface area contributed by atoms with E-state index in [2.05, 4.69) is 4.98 Å². The quantitative estimate of drug-likeness (QED) is 0.925. The van der Waals surface area contributed by atoms with Crippen molar-refractivity contribution in [1.82, 2.24) is 4.98 Å². The van der Waals surface area contributed by atoms with Crippen LogP contribution in [0.2, 0.25) is 0 Å². The SMILES string of the molecule is COc1ccc(-c2nc(CC(=O)O)cs2)c(F)c1. The summed E-state index contributed by atoms with van der Waals surface area (Å²) < 4.78 is 18.7. The fraction of sp³-hybridized carbons (Fsp3) is 0.167. The first kappa shape index (κ1) is 12.5. The van der Waals surface area contributed by atoms with E-state index in [0.29, 0.717) is 22.0 Å². The molecular weight excluding hydrogens is 257 g/mol. The normalized spacial score (nSPS) is 10.3. The van der Waals surface area contributed by atoms with Gasteiger partial charge in [-0.25, -0.2) is 9.37 Å². The van der Waals surface area contributed by atoms with E-state index < -0.39 is 11.8 Å². The number of carboxylic acids is 1. The Kier molecular flexibility index (Phi) is 3.57. The molecule has 94 valence electrons. The van der Waals surface area contributed by atoms with E-state index in [1.807, 2.05) is 0 Å². The number of nitrogens with zero attached hydrogens (tertiary/aromatic N) is 1. The minimum atomic E-state index is -0.956. The molecule has 0 unspecified atom stereocenters. The molecule has 1 heterocycles. The lowest BCUT2D eigenvalue weighted by molar-refractivity contribution is -0.136. The number of hydrogen-bond donors (Lipinski definition) is 1. The van der Waals surface area contributed by atoms with Crippen LogP contribution in [-0.2, 0) is 11.2 Å². The van der Waals surface area contributed by atoms with Crippen molar-refractivity contribution in [2.75, 3.05) is 7.11 Å². The van der Waals surface area contributed by atoms with Crippen molar-refractivity contribution in [2.24, 2.45) is 0 Å². The molecule has 0 atom stereocenters. The summed E-state index contributed by atoms with van der Waals surface area (Å²) in [5.41, 5.74) is 0.773. The fourth-order valence-electron chi connectivity index (χ4n) is 1.46. The molecule has 0 saturated heterocycles. The summed E-state index contributed by atoms with van der Waals surface area (Å²) in [6.45, 7) is 0. The van der Waals surface area contributed by atoms with E-state index in [-0.39, 0.29) is 6.42 Å². The zero-order valence-corrected chi connectivity index (χ0v) is 10.3. The highest BCUT2D eigenvalue weighted by Crippen LogP contribution is 2.28. The third-order valence-electron chi connectivity index (χ3n) is 2.29. The van der Waals surface area contributed by atoms with Crippen LogP contribution in [0.15, 0.2) is 23.6 Å². The number of ether oxygens (including phenoxy) is 1.